The Bertz CT molecular complexity index is 161. The van der Waals surface area contributed by atoms with E-state index in [-0.39, 0.29) is 0 Å². The summed E-state index contributed by atoms with van der Waals surface area (Å²) in [6.45, 7) is 2.23. The largest absolute Gasteiger partial charge is 0.481 e. The van der Waals surface area contributed by atoms with Crippen LogP contribution in [0.2, 0.25) is 0 Å². The molecule has 94 valence electrons. The van der Waals surface area contributed by atoms with Crippen LogP contribution in [0.15, 0.2) is 0 Å². The third-order valence-corrected chi connectivity index (χ3v) is 2.49. The second kappa shape index (κ2) is 16.5. The molecule has 0 aliphatic rings. The molecule has 0 aromatic rings. The monoisotopic (exact) mass is 226 g/mol. The topological polar surface area (TPSA) is 37.3 Å². The molecule has 2 heteroatoms. The predicted molar refractivity (Wildman–Crippen MR) is 69.4 cm³/mol. The van der Waals surface area contributed by atoms with E-state index in [1.165, 1.54) is 44.9 Å². The molecular formula is C14H26O2. The van der Waals surface area contributed by atoms with E-state index in [0.29, 0.717) is 6.42 Å². The maximum atomic E-state index is 10.2. The Labute approximate surface area is 100 Å². The molecule has 0 atom stereocenters. The van der Waals surface area contributed by atoms with Crippen LogP contribution in [0.1, 0.15) is 71.1 Å². The van der Waals surface area contributed by atoms with Crippen molar-refractivity contribution in [1.29, 1.82) is 0 Å². The highest BCUT2D eigenvalue weighted by Gasteiger charge is 1.96. The molecule has 0 aliphatic heterocycles. The zero-order chi connectivity index (χ0) is 12.6. The maximum Gasteiger partial charge on any atom is 0.303 e. The molecule has 0 rings (SSSR count). The van der Waals surface area contributed by atoms with Crippen LogP contribution in [-0.2, 0) is 4.79 Å². The molecule has 0 heterocycles. The van der Waals surface area contributed by atoms with Crippen LogP contribution in [0.3, 0.4) is 0 Å². The van der Waals surface area contributed by atoms with Gasteiger partial charge in [-0.25, -0.2) is 0 Å². The van der Waals surface area contributed by atoms with Crippen molar-refractivity contribution in [2.24, 2.45) is 0 Å². The molecule has 0 aromatic carbocycles. The number of hydrogen-bond donors (Lipinski definition) is 1. The fraction of sp³-hybridized carbons (Fsp3) is 0.786. The molecule has 0 spiro atoms. The molecule has 0 saturated heterocycles. The summed E-state index contributed by atoms with van der Waals surface area (Å²) in [4.78, 5) is 10.2. The van der Waals surface area contributed by atoms with Gasteiger partial charge in [0.1, 0.15) is 0 Å². The maximum absolute atomic E-state index is 10.2. The minimum Gasteiger partial charge on any atom is -0.481 e. The fourth-order valence-corrected chi connectivity index (χ4v) is 1.59. The molecule has 0 bridgehead atoms. The van der Waals surface area contributed by atoms with Crippen LogP contribution in [0.25, 0.3) is 0 Å². The van der Waals surface area contributed by atoms with Crippen molar-refractivity contribution in [1.82, 2.24) is 0 Å². The normalized spacial score (nSPS) is 9.19. The number of rotatable bonds is 10. The SMILES string of the molecule is C#C.CCCCCCCCCCCC(=O)O. The quantitative estimate of drug-likeness (QED) is 0.447. The van der Waals surface area contributed by atoms with Crippen molar-refractivity contribution in [2.45, 2.75) is 71.1 Å². The van der Waals surface area contributed by atoms with E-state index in [2.05, 4.69) is 19.8 Å². The third-order valence-electron chi connectivity index (χ3n) is 2.49. The van der Waals surface area contributed by atoms with Crippen LogP contribution >= 0.6 is 0 Å². The van der Waals surface area contributed by atoms with Gasteiger partial charge in [0.2, 0.25) is 0 Å². The number of terminal acetylenes is 1. The second-order valence-corrected chi connectivity index (χ2v) is 3.97. The Morgan fingerprint density at radius 2 is 1.25 bits per heavy atom. The van der Waals surface area contributed by atoms with Gasteiger partial charge in [-0.05, 0) is 6.42 Å². The number of carboxylic acid groups (broad SMARTS) is 1. The number of aliphatic carboxylic acids is 1. The fourth-order valence-electron chi connectivity index (χ4n) is 1.59. The summed E-state index contributed by atoms with van der Waals surface area (Å²) in [5, 5.41) is 8.41. The van der Waals surface area contributed by atoms with Crippen molar-refractivity contribution in [3.8, 4) is 12.8 Å². The van der Waals surface area contributed by atoms with Crippen LogP contribution in [0.4, 0.5) is 0 Å². The molecule has 0 fully saturated rings. The van der Waals surface area contributed by atoms with Crippen molar-refractivity contribution >= 4 is 5.97 Å². The van der Waals surface area contributed by atoms with Crippen molar-refractivity contribution in [2.75, 3.05) is 0 Å². The first-order valence-electron chi connectivity index (χ1n) is 6.32. The Morgan fingerprint density at radius 3 is 1.62 bits per heavy atom. The highest BCUT2D eigenvalue weighted by Crippen LogP contribution is 2.10. The van der Waals surface area contributed by atoms with Crippen LogP contribution < -0.4 is 0 Å². The lowest BCUT2D eigenvalue weighted by molar-refractivity contribution is -0.137. The number of unbranched alkanes of at least 4 members (excludes halogenated alkanes) is 8. The molecule has 0 aliphatic carbocycles. The van der Waals surface area contributed by atoms with Gasteiger partial charge in [-0.3, -0.25) is 4.79 Å². The van der Waals surface area contributed by atoms with E-state index in [0.717, 1.165) is 12.8 Å². The average molecular weight is 226 g/mol. The first-order valence-corrected chi connectivity index (χ1v) is 6.32. The van der Waals surface area contributed by atoms with Crippen LogP contribution in [0, 0.1) is 12.8 Å². The Kier molecular flexibility index (Phi) is 17.9. The van der Waals surface area contributed by atoms with Crippen molar-refractivity contribution < 1.29 is 9.90 Å². The van der Waals surface area contributed by atoms with E-state index in [1.807, 2.05) is 0 Å². The highest BCUT2D eigenvalue weighted by molar-refractivity contribution is 5.66. The van der Waals surface area contributed by atoms with Gasteiger partial charge < -0.3 is 5.11 Å². The molecule has 0 saturated carbocycles. The van der Waals surface area contributed by atoms with E-state index >= 15 is 0 Å². The van der Waals surface area contributed by atoms with E-state index in [9.17, 15) is 4.79 Å². The zero-order valence-electron chi connectivity index (χ0n) is 10.6. The Morgan fingerprint density at radius 1 is 0.875 bits per heavy atom. The molecule has 2 nitrogen and oxygen atoms in total. The van der Waals surface area contributed by atoms with Gasteiger partial charge in [-0.2, -0.15) is 0 Å². The average Bonchev–Trinajstić information content (AvgIpc) is 2.29. The van der Waals surface area contributed by atoms with Crippen LogP contribution in [0.5, 0.6) is 0 Å². The van der Waals surface area contributed by atoms with E-state index in [1.54, 1.807) is 0 Å². The molecule has 16 heavy (non-hydrogen) atoms. The van der Waals surface area contributed by atoms with Gasteiger partial charge >= 0.3 is 5.97 Å². The molecule has 0 radical (unpaired) electrons. The first-order chi connectivity index (χ1) is 7.77. The predicted octanol–water partition coefficient (Wildman–Crippen LogP) is 4.24. The zero-order valence-corrected chi connectivity index (χ0v) is 10.6. The standard InChI is InChI=1S/C12H24O2.C2H2/c1-2-3-4-5-6-7-8-9-10-11-12(13)14;1-2/h2-11H2,1H3,(H,13,14);1-2H. The van der Waals surface area contributed by atoms with E-state index in [4.69, 9.17) is 5.11 Å². The number of carboxylic acids is 1. The second-order valence-electron chi connectivity index (χ2n) is 3.97. The lowest BCUT2D eigenvalue weighted by Gasteiger charge is -2.00. The third kappa shape index (κ3) is 18.7. The van der Waals surface area contributed by atoms with E-state index < -0.39 is 5.97 Å². The molecule has 0 amide bonds. The summed E-state index contributed by atoms with van der Waals surface area (Å²) in [5.41, 5.74) is 0. The van der Waals surface area contributed by atoms with Gasteiger partial charge in [0.25, 0.3) is 0 Å². The van der Waals surface area contributed by atoms with Gasteiger partial charge in [0.15, 0.2) is 0 Å². The summed E-state index contributed by atoms with van der Waals surface area (Å²) >= 11 is 0. The van der Waals surface area contributed by atoms with Crippen molar-refractivity contribution in [3.05, 3.63) is 0 Å². The van der Waals surface area contributed by atoms with Gasteiger partial charge in [0, 0.05) is 6.42 Å². The first kappa shape index (κ1) is 17.4. The minimum absolute atomic E-state index is 0.343. The lowest BCUT2D eigenvalue weighted by Crippen LogP contribution is -1.93. The summed E-state index contributed by atoms with van der Waals surface area (Å²) in [5.74, 6) is -0.659. The molecule has 1 N–H and O–H groups in total. The molecule has 0 unspecified atom stereocenters. The summed E-state index contributed by atoms with van der Waals surface area (Å²) in [6.07, 6.45) is 19.5. The lowest BCUT2D eigenvalue weighted by atomic mass is 10.1. The number of hydrogen-bond acceptors (Lipinski definition) is 1. The smallest absolute Gasteiger partial charge is 0.303 e. The summed E-state index contributed by atoms with van der Waals surface area (Å²) < 4.78 is 0. The summed E-state index contributed by atoms with van der Waals surface area (Å²) in [7, 11) is 0. The van der Waals surface area contributed by atoms with Gasteiger partial charge in [-0.1, -0.05) is 58.3 Å². The van der Waals surface area contributed by atoms with Gasteiger partial charge in [0.05, 0.1) is 0 Å². The van der Waals surface area contributed by atoms with Crippen LogP contribution in [-0.4, -0.2) is 11.1 Å². The Balaban J connectivity index is 0. The molecule has 0 aromatic heterocycles. The highest BCUT2D eigenvalue weighted by atomic mass is 16.4. The number of carbonyl (C=O) groups is 1. The van der Waals surface area contributed by atoms with Crippen molar-refractivity contribution in [3.63, 3.8) is 0 Å². The summed E-state index contributed by atoms with van der Waals surface area (Å²) in [6, 6.07) is 0. The minimum atomic E-state index is -0.659. The van der Waals surface area contributed by atoms with Gasteiger partial charge in [-0.15, -0.1) is 12.8 Å². The Hall–Kier alpha value is -0.970. The molecular weight excluding hydrogens is 200 g/mol.